The van der Waals surface area contributed by atoms with Crippen LogP contribution in [-0.4, -0.2) is 12.6 Å². The van der Waals surface area contributed by atoms with E-state index in [-0.39, 0.29) is 6.04 Å². The van der Waals surface area contributed by atoms with Crippen LogP contribution in [0.5, 0.6) is 0 Å². The second kappa shape index (κ2) is 5.24. The molecule has 0 radical (unpaired) electrons. The number of nitrogens with one attached hydrogen (secondary N) is 1. The fourth-order valence-electron chi connectivity index (χ4n) is 2.32. The van der Waals surface area contributed by atoms with E-state index in [9.17, 15) is 0 Å². The van der Waals surface area contributed by atoms with Crippen molar-refractivity contribution in [2.24, 2.45) is 11.8 Å². The lowest BCUT2D eigenvalue weighted by atomic mass is 9.79. The molecule has 0 aromatic heterocycles. The van der Waals surface area contributed by atoms with Crippen LogP contribution in [0.2, 0.25) is 0 Å². The zero-order valence-corrected chi connectivity index (χ0v) is 8.71. The molecule has 74 valence electrons. The van der Waals surface area contributed by atoms with Crippen LogP contribution in [0.25, 0.3) is 0 Å². The van der Waals surface area contributed by atoms with Gasteiger partial charge in [0.25, 0.3) is 0 Å². The second-order valence-corrected chi connectivity index (χ2v) is 4.20. The van der Waals surface area contributed by atoms with E-state index in [2.05, 4.69) is 25.2 Å². The molecule has 0 spiro atoms. The van der Waals surface area contributed by atoms with Crippen LogP contribution >= 0.6 is 0 Å². The summed E-state index contributed by atoms with van der Waals surface area (Å²) in [7, 11) is 0. The van der Waals surface area contributed by atoms with Gasteiger partial charge in [0.15, 0.2) is 0 Å². The van der Waals surface area contributed by atoms with Crippen molar-refractivity contribution >= 4 is 0 Å². The number of rotatable bonds is 3. The summed E-state index contributed by atoms with van der Waals surface area (Å²) in [6, 6.07) is 2.47. The Morgan fingerprint density at radius 3 is 2.85 bits per heavy atom. The van der Waals surface area contributed by atoms with E-state index in [1.165, 1.54) is 25.7 Å². The number of hydrogen-bond donors (Lipinski definition) is 1. The largest absolute Gasteiger partial charge is 0.302 e. The zero-order chi connectivity index (χ0) is 9.68. The van der Waals surface area contributed by atoms with Crippen molar-refractivity contribution < 1.29 is 0 Å². The lowest BCUT2D eigenvalue weighted by Crippen LogP contribution is -2.37. The number of nitriles is 1. The molecule has 0 amide bonds. The average molecular weight is 180 g/mol. The minimum absolute atomic E-state index is 0.0905. The molecule has 13 heavy (non-hydrogen) atoms. The quantitative estimate of drug-likeness (QED) is 0.723. The van der Waals surface area contributed by atoms with E-state index < -0.39 is 0 Å². The molecule has 3 unspecified atom stereocenters. The van der Waals surface area contributed by atoms with E-state index >= 15 is 0 Å². The first-order valence-corrected chi connectivity index (χ1v) is 5.41. The smallest absolute Gasteiger partial charge is 0.0981 e. The Kier molecular flexibility index (Phi) is 4.24. The summed E-state index contributed by atoms with van der Waals surface area (Å²) in [6.07, 6.45) is 5.11. The van der Waals surface area contributed by atoms with Crippen molar-refractivity contribution in [2.45, 2.75) is 45.6 Å². The minimum atomic E-state index is 0.0905. The van der Waals surface area contributed by atoms with Crippen LogP contribution < -0.4 is 5.32 Å². The van der Waals surface area contributed by atoms with E-state index in [1.807, 2.05) is 0 Å². The van der Waals surface area contributed by atoms with Crippen LogP contribution in [0.3, 0.4) is 0 Å². The summed E-state index contributed by atoms with van der Waals surface area (Å²) in [6.45, 7) is 5.27. The van der Waals surface area contributed by atoms with Gasteiger partial charge in [0.05, 0.1) is 12.1 Å². The Hall–Kier alpha value is -0.550. The maximum absolute atomic E-state index is 8.98. The van der Waals surface area contributed by atoms with Gasteiger partial charge in [-0.1, -0.05) is 26.7 Å². The maximum Gasteiger partial charge on any atom is 0.0981 e. The van der Waals surface area contributed by atoms with Gasteiger partial charge in [-0.05, 0) is 31.2 Å². The highest BCUT2D eigenvalue weighted by Crippen LogP contribution is 2.30. The average Bonchev–Trinajstić information content (AvgIpc) is 2.14. The summed E-state index contributed by atoms with van der Waals surface area (Å²) in [5.74, 6) is 1.40. The lowest BCUT2D eigenvalue weighted by Gasteiger charge is -2.30. The van der Waals surface area contributed by atoms with Crippen molar-refractivity contribution in [3.63, 3.8) is 0 Å². The van der Waals surface area contributed by atoms with Crippen molar-refractivity contribution in [1.29, 1.82) is 5.26 Å². The second-order valence-electron chi connectivity index (χ2n) is 4.20. The number of nitrogens with zero attached hydrogens (tertiary/aromatic N) is 1. The zero-order valence-electron chi connectivity index (χ0n) is 8.71. The molecule has 1 fully saturated rings. The Labute approximate surface area is 81.3 Å². The Bertz CT molecular complexity index is 183. The molecule has 0 bridgehead atoms. The highest BCUT2D eigenvalue weighted by atomic mass is 14.9. The highest BCUT2D eigenvalue weighted by molar-refractivity contribution is 4.96. The molecule has 0 heterocycles. The fraction of sp³-hybridized carbons (Fsp3) is 0.909. The summed E-state index contributed by atoms with van der Waals surface area (Å²) in [4.78, 5) is 0. The van der Waals surface area contributed by atoms with Crippen LogP contribution in [0.1, 0.15) is 39.5 Å². The summed E-state index contributed by atoms with van der Waals surface area (Å²) in [5.41, 5.74) is 0. The monoisotopic (exact) mass is 180 g/mol. The van der Waals surface area contributed by atoms with Crippen molar-refractivity contribution in [1.82, 2.24) is 5.32 Å². The van der Waals surface area contributed by atoms with Crippen molar-refractivity contribution in [2.75, 3.05) is 6.54 Å². The van der Waals surface area contributed by atoms with E-state index in [0.29, 0.717) is 5.92 Å². The Morgan fingerprint density at radius 1 is 1.54 bits per heavy atom. The van der Waals surface area contributed by atoms with Crippen LogP contribution in [0.4, 0.5) is 0 Å². The molecule has 0 aromatic carbocycles. The van der Waals surface area contributed by atoms with E-state index in [1.54, 1.807) is 0 Å². The molecule has 2 nitrogen and oxygen atoms in total. The normalized spacial score (nSPS) is 30.8. The fourth-order valence-corrected chi connectivity index (χ4v) is 2.32. The predicted octanol–water partition coefficient (Wildman–Crippen LogP) is 2.31. The molecule has 1 N–H and O–H groups in total. The molecule has 1 saturated carbocycles. The van der Waals surface area contributed by atoms with Gasteiger partial charge >= 0.3 is 0 Å². The molecule has 3 atom stereocenters. The summed E-state index contributed by atoms with van der Waals surface area (Å²) in [5, 5.41) is 12.2. The van der Waals surface area contributed by atoms with Gasteiger partial charge < -0.3 is 5.32 Å². The third-order valence-corrected chi connectivity index (χ3v) is 3.01. The lowest BCUT2D eigenvalue weighted by molar-refractivity contribution is 0.249. The van der Waals surface area contributed by atoms with Gasteiger partial charge in [-0.2, -0.15) is 5.26 Å². The topological polar surface area (TPSA) is 35.8 Å². The molecular weight excluding hydrogens is 160 g/mol. The van der Waals surface area contributed by atoms with E-state index in [0.717, 1.165) is 12.5 Å². The van der Waals surface area contributed by atoms with Crippen LogP contribution in [-0.2, 0) is 0 Å². The molecular formula is C11H20N2. The molecule has 0 saturated heterocycles. The third-order valence-electron chi connectivity index (χ3n) is 3.01. The van der Waals surface area contributed by atoms with Crippen LogP contribution in [0, 0.1) is 23.2 Å². The Morgan fingerprint density at radius 2 is 2.31 bits per heavy atom. The number of hydrogen-bond acceptors (Lipinski definition) is 2. The SMILES string of the molecule is CCNC(C#N)C1CCCC(C)C1. The molecule has 1 rings (SSSR count). The van der Waals surface area contributed by atoms with E-state index in [4.69, 9.17) is 5.26 Å². The third kappa shape index (κ3) is 3.00. The Balaban J connectivity index is 2.43. The molecule has 0 aliphatic heterocycles. The van der Waals surface area contributed by atoms with Crippen molar-refractivity contribution in [3.8, 4) is 6.07 Å². The molecule has 0 aromatic rings. The maximum atomic E-state index is 8.98. The standard InChI is InChI=1S/C11H20N2/c1-3-13-11(8-12)10-6-4-5-9(2)7-10/h9-11,13H,3-7H2,1-2H3. The van der Waals surface area contributed by atoms with Gasteiger partial charge in [-0.15, -0.1) is 0 Å². The molecule has 1 aliphatic rings. The van der Waals surface area contributed by atoms with Gasteiger partial charge in [-0.25, -0.2) is 0 Å². The summed E-state index contributed by atoms with van der Waals surface area (Å²) < 4.78 is 0. The van der Waals surface area contributed by atoms with Crippen molar-refractivity contribution in [3.05, 3.63) is 0 Å². The van der Waals surface area contributed by atoms with Gasteiger partial charge in [0.2, 0.25) is 0 Å². The molecule has 2 heteroatoms. The first kappa shape index (κ1) is 10.5. The van der Waals surface area contributed by atoms with Gasteiger partial charge in [0, 0.05) is 0 Å². The van der Waals surface area contributed by atoms with Gasteiger partial charge in [-0.3, -0.25) is 0 Å². The predicted molar refractivity (Wildman–Crippen MR) is 54.2 cm³/mol. The first-order chi connectivity index (χ1) is 6.27. The van der Waals surface area contributed by atoms with Gasteiger partial charge in [0.1, 0.15) is 0 Å². The first-order valence-electron chi connectivity index (χ1n) is 5.41. The minimum Gasteiger partial charge on any atom is -0.302 e. The molecule has 1 aliphatic carbocycles. The highest BCUT2D eigenvalue weighted by Gasteiger charge is 2.25. The summed E-state index contributed by atoms with van der Waals surface area (Å²) >= 11 is 0. The van der Waals surface area contributed by atoms with Crippen LogP contribution in [0.15, 0.2) is 0 Å².